The second kappa shape index (κ2) is 5.09. The van der Waals surface area contributed by atoms with E-state index in [1.54, 1.807) is 23.2 Å². The topological polar surface area (TPSA) is 17.8 Å². The molecule has 0 bridgehead atoms. The van der Waals surface area contributed by atoms with E-state index in [0.717, 1.165) is 17.8 Å². The van der Waals surface area contributed by atoms with E-state index in [1.165, 1.54) is 6.07 Å². The second-order valence-corrected chi connectivity index (χ2v) is 4.56. The minimum Gasteiger partial charge on any atom is -0.299 e. The Labute approximate surface area is 119 Å². The predicted molar refractivity (Wildman–Crippen MR) is 74.0 cm³/mol. The normalized spacial score (nSPS) is 11.6. The van der Waals surface area contributed by atoms with Gasteiger partial charge in [-0.05, 0) is 24.3 Å². The van der Waals surface area contributed by atoms with E-state index in [1.807, 2.05) is 30.3 Å². The highest BCUT2D eigenvalue weighted by Gasteiger charge is 2.30. The van der Waals surface area contributed by atoms with Crippen molar-refractivity contribution in [2.75, 3.05) is 0 Å². The van der Waals surface area contributed by atoms with Crippen LogP contribution in [0.4, 0.5) is 13.2 Å². The smallest absolute Gasteiger partial charge is 0.299 e. The van der Waals surface area contributed by atoms with Crippen LogP contribution in [0.25, 0.3) is 16.9 Å². The van der Waals surface area contributed by atoms with Crippen LogP contribution in [0.15, 0.2) is 67.1 Å². The molecule has 3 aromatic rings. The Morgan fingerprint density at radius 1 is 0.905 bits per heavy atom. The molecular weight excluding hydrogens is 277 g/mol. The summed E-state index contributed by atoms with van der Waals surface area (Å²) in [6, 6.07) is 14.6. The van der Waals surface area contributed by atoms with E-state index in [-0.39, 0.29) is 0 Å². The van der Waals surface area contributed by atoms with Crippen LogP contribution < -0.4 is 0 Å². The Kier molecular flexibility index (Phi) is 3.25. The maximum absolute atomic E-state index is 12.8. The van der Waals surface area contributed by atoms with Gasteiger partial charge in [-0.25, -0.2) is 4.98 Å². The molecule has 0 N–H and O–H groups in total. The summed E-state index contributed by atoms with van der Waals surface area (Å²) >= 11 is 0. The first-order chi connectivity index (χ1) is 10.1. The molecule has 21 heavy (non-hydrogen) atoms. The summed E-state index contributed by atoms with van der Waals surface area (Å²) in [4.78, 5) is 4.05. The summed E-state index contributed by atoms with van der Waals surface area (Å²) in [6.45, 7) is 0. The molecule has 1 heterocycles. The van der Waals surface area contributed by atoms with Crippen molar-refractivity contribution < 1.29 is 13.2 Å². The Bertz CT molecular complexity index is 745. The van der Waals surface area contributed by atoms with Crippen molar-refractivity contribution in [3.8, 4) is 16.9 Å². The third-order valence-corrected chi connectivity index (χ3v) is 3.16. The second-order valence-electron chi connectivity index (χ2n) is 4.56. The average molecular weight is 288 g/mol. The molecule has 0 atom stereocenters. The molecule has 0 aliphatic heterocycles. The van der Waals surface area contributed by atoms with Gasteiger partial charge in [0.05, 0.1) is 23.8 Å². The first-order valence-electron chi connectivity index (χ1n) is 6.31. The van der Waals surface area contributed by atoms with Gasteiger partial charge in [-0.15, -0.1) is 0 Å². The molecule has 0 amide bonds. The number of nitrogens with zero attached hydrogens (tertiary/aromatic N) is 2. The van der Waals surface area contributed by atoms with Crippen molar-refractivity contribution in [3.05, 3.63) is 72.7 Å². The summed E-state index contributed by atoms with van der Waals surface area (Å²) in [7, 11) is 0. The molecule has 5 heteroatoms. The minimum atomic E-state index is -4.35. The van der Waals surface area contributed by atoms with Crippen LogP contribution in [0.2, 0.25) is 0 Å². The summed E-state index contributed by atoms with van der Waals surface area (Å²) in [6.07, 6.45) is -1.21. The zero-order valence-electron chi connectivity index (χ0n) is 10.9. The van der Waals surface area contributed by atoms with Crippen molar-refractivity contribution in [1.82, 2.24) is 9.55 Å². The first-order valence-corrected chi connectivity index (χ1v) is 6.31. The summed E-state index contributed by atoms with van der Waals surface area (Å²) in [5.41, 5.74) is 1.28. The fourth-order valence-corrected chi connectivity index (χ4v) is 2.16. The van der Waals surface area contributed by atoms with Gasteiger partial charge in [-0.1, -0.05) is 30.3 Å². The van der Waals surface area contributed by atoms with Gasteiger partial charge in [0.1, 0.15) is 0 Å². The number of rotatable bonds is 2. The van der Waals surface area contributed by atoms with E-state index < -0.39 is 11.7 Å². The number of aromatic nitrogens is 2. The van der Waals surface area contributed by atoms with Gasteiger partial charge in [-0.2, -0.15) is 13.2 Å². The zero-order valence-corrected chi connectivity index (χ0v) is 10.9. The molecule has 0 unspecified atom stereocenters. The first kappa shape index (κ1) is 13.4. The average Bonchev–Trinajstić information content (AvgIpc) is 2.97. The van der Waals surface area contributed by atoms with Crippen LogP contribution in [0.1, 0.15) is 5.56 Å². The Morgan fingerprint density at radius 3 is 2.38 bits per heavy atom. The molecule has 2 aromatic carbocycles. The molecule has 0 aliphatic rings. The van der Waals surface area contributed by atoms with Gasteiger partial charge in [-0.3, -0.25) is 4.57 Å². The zero-order chi connectivity index (χ0) is 14.9. The molecule has 0 saturated carbocycles. The number of halogens is 3. The highest BCUT2D eigenvalue weighted by atomic mass is 19.4. The number of alkyl halides is 3. The van der Waals surface area contributed by atoms with Crippen molar-refractivity contribution >= 4 is 0 Å². The lowest BCUT2D eigenvalue weighted by Gasteiger charge is -2.11. The van der Waals surface area contributed by atoms with Gasteiger partial charge < -0.3 is 0 Å². The number of hydrogen-bond acceptors (Lipinski definition) is 1. The van der Waals surface area contributed by atoms with E-state index >= 15 is 0 Å². The summed E-state index contributed by atoms with van der Waals surface area (Å²) in [5, 5.41) is 0. The van der Waals surface area contributed by atoms with Gasteiger partial charge >= 0.3 is 6.18 Å². The minimum absolute atomic E-state index is 0.478. The predicted octanol–water partition coefficient (Wildman–Crippen LogP) is 4.56. The molecule has 106 valence electrons. The monoisotopic (exact) mass is 288 g/mol. The fraction of sp³-hybridized carbons (Fsp3) is 0.0625. The fourth-order valence-electron chi connectivity index (χ4n) is 2.16. The van der Waals surface area contributed by atoms with E-state index in [2.05, 4.69) is 4.98 Å². The van der Waals surface area contributed by atoms with Crippen LogP contribution in [0.3, 0.4) is 0 Å². The SMILES string of the molecule is FC(F)(F)c1cccc(-c2cncn2-c2ccccc2)c1. The maximum atomic E-state index is 12.8. The third-order valence-electron chi connectivity index (χ3n) is 3.16. The van der Waals surface area contributed by atoms with Gasteiger partial charge in [0.15, 0.2) is 0 Å². The number of benzene rings is 2. The van der Waals surface area contributed by atoms with Crippen LogP contribution in [-0.2, 0) is 6.18 Å². The van der Waals surface area contributed by atoms with Crippen molar-refractivity contribution in [2.45, 2.75) is 6.18 Å². The molecule has 0 fully saturated rings. The highest BCUT2D eigenvalue weighted by Crippen LogP contribution is 2.32. The van der Waals surface area contributed by atoms with Gasteiger partial charge in [0.2, 0.25) is 0 Å². The number of imidazole rings is 1. The van der Waals surface area contributed by atoms with Crippen LogP contribution in [0, 0.1) is 0 Å². The van der Waals surface area contributed by atoms with Crippen LogP contribution >= 0.6 is 0 Å². The Balaban J connectivity index is 2.09. The molecule has 0 radical (unpaired) electrons. The van der Waals surface area contributed by atoms with Crippen molar-refractivity contribution in [1.29, 1.82) is 0 Å². The van der Waals surface area contributed by atoms with E-state index in [4.69, 9.17) is 0 Å². The molecule has 0 aliphatic carbocycles. The summed E-state index contributed by atoms with van der Waals surface area (Å²) < 4.78 is 40.2. The lowest BCUT2D eigenvalue weighted by atomic mass is 10.1. The van der Waals surface area contributed by atoms with Crippen LogP contribution in [0.5, 0.6) is 0 Å². The molecule has 0 spiro atoms. The molecular formula is C16H11F3N2. The largest absolute Gasteiger partial charge is 0.416 e. The van der Waals surface area contributed by atoms with Crippen molar-refractivity contribution in [2.24, 2.45) is 0 Å². The number of para-hydroxylation sites is 1. The van der Waals surface area contributed by atoms with Gasteiger partial charge in [0, 0.05) is 11.3 Å². The third kappa shape index (κ3) is 2.67. The Hall–Kier alpha value is -2.56. The lowest BCUT2D eigenvalue weighted by molar-refractivity contribution is -0.137. The maximum Gasteiger partial charge on any atom is 0.416 e. The van der Waals surface area contributed by atoms with Gasteiger partial charge in [0.25, 0.3) is 0 Å². The molecule has 3 rings (SSSR count). The van der Waals surface area contributed by atoms with E-state index in [0.29, 0.717) is 11.3 Å². The Morgan fingerprint density at radius 2 is 1.67 bits per heavy atom. The lowest BCUT2D eigenvalue weighted by Crippen LogP contribution is -2.05. The van der Waals surface area contributed by atoms with Crippen molar-refractivity contribution in [3.63, 3.8) is 0 Å². The highest BCUT2D eigenvalue weighted by molar-refractivity contribution is 5.62. The van der Waals surface area contributed by atoms with E-state index in [9.17, 15) is 13.2 Å². The quantitative estimate of drug-likeness (QED) is 0.676. The van der Waals surface area contributed by atoms with Crippen LogP contribution in [-0.4, -0.2) is 9.55 Å². The molecule has 1 aromatic heterocycles. The molecule has 2 nitrogen and oxygen atoms in total. The standard InChI is InChI=1S/C16H11F3N2/c17-16(18,19)13-6-4-5-12(9-13)15-10-20-11-21(15)14-7-2-1-3-8-14/h1-11H. The summed E-state index contributed by atoms with van der Waals surface area (Å²) in [5.74, 6) is 0. The number of hydrogen-bond donors (Lipinski definition) is 0. The molecule has 0 saturated heterocycles.